The molecule has 0 spiro atoms. The van der Waals surface area contributed by atoms with E-state index in [1.807, 2.05) is 30.3 Å². The molecule has 2 aromatic carbocycles. The van der Waals surface area contributed by atoms with E-state index in [-0.39, 0.29) is 23.5 Å². The second-order valence-corrected chi connectivity index (χ2v) is 7.32. The summed E-state index contributed by atoms with van der Waals surface area (Å²) in [7, 11) is 1.65. The van der Waals surface area contributed by atoms with Crippen LogP contribution in [0.5, 0.6) is 5.75 Å². The molecule has 0 radical (unpaired) electrons. The van der Waals surface area contributed by atoms with Crippen molar-refractivity contribution in [1.29, 1.82) is 5.41 Å². The van der Waals surface area contributed by atoms with Crippen molar-refractivity contribution in [1.82, 2.24) is 15.5 Å². The number of hydrogen-bond acceptors (Lipinski definition) is 4. The van der Waals surface area contributed by atoms with Gasteiger partial charge in [0.15, 0.2) is 5.96 Å². The van der Waals surface area contributed by atoms with Gasteiger partial charge in [-0.15, -0.1) is 0 Å². The molecule has 0 saturated carbocycles. The monoisotopic (exact) mass is 364 g/mol. The van der Waals surface area contributed by atoms with E-state index in [9.17, 15) is 9.90 Å². The van der Waals surface area contributed by atoms with Crippen molar-refractivity contribution >= 4 is 11.9 Å². The fraction of sp³-hybridized carbons (Fsp3) is 0.333. The molecule has 140 valence electrons. The predicted molar refractivity (Wildman–Crippen MR) is 104 cm³/mol. The Morgan fingerprint density at radius 3 is 2.56 bits per heavy atom. The minimum atomic E-state index is -0.938. The minimum absolute atomic E-state index is 0.0588. The molecule has 2 fully saturated rings. The van der Waals surface area contributed by atoms with Crippen molar-refractivity contribution < 1.29 is 9.90 Å². The SMILES string of the molecule is CN1C(=N)NC(c2cccc(-c3cccc(O)c3)c2)(C2CCCNC2)C1=O. The lowest BCUT2D eigenvalue weighted by atomic mass is 9.74. The lowest BCUT2D eigenvalue weighted by Gasteiger charge is -2.38. The molecule has 2 aromatic rings. The molecule has 4 rings (SSSR count). The molecule has 27 heavy (non-hydrogen) atoms. The first-order valence-electron chi connectivity index (χ1n) is 9.28. The first-order valence-corrected chi connectivity index (χ1v) is 9.28. The summed E-state index contributed by atoms with van der Waals surface area (Å²) in [6, 6.07) is 15.0. The van der Waals surface area contributed by atoms with Crippen LogP contribution in [0.1, 0.15) is 18.4 Å². The van der Waals surface area contributed by atoms with E-state index in [2.05, 4.69) is 10.6 Å². The van der Waals surface area contributed by atoms with Crippen molar-refractivity contribution in [3.8, 4) is 16.9 Å². The fourth-order valence-electron chi connectivity index (χ4n) is 4.25. The third-order valence-corrected chi connectivity index (χ3v) is 5.70. The van der Waals surface area contributed by atoms with Crippen LogP contribution in [-0.4, -0.2) is 42.0 Å². The van der Waals surface area contributed by atoms with Crippen molar-refractivity contribution in [2.45, 2.75) is 18.4 Å². The van der Waals surface area contributed by atoms with Gasteiger partial charge < -0.3 is 15.7 Å². The summed E-state index contributed by atoms with van der Waals surface area (Å²) in [6.07, 6.45) is 1.92. The first-order chi connectivity index (χ1) is 13.0. The Kier molecular flexibility index (Phi) is 4.36. The average Bonchev–Trinajstić information content (AvgIpc) is 2.94. The van der Waals surface area contributed by atoms with Crippen LogP contribution in [0, 0.1) is 11.3 Å². The standard InChI is InChI=1S/C21H24N4O2/c1-25-19(27)21(24-20(25)22,17-8-4-10-23-13-17)16-7-2-5-14(11-16)15-6-3-9-18(26)12-15/h2-3,5-7,9,11-12,17,23,26H,4,8,10,13H2,1H3,(H2,22,24). The molecule has 2 saturated heterocycles. The summed E-state index contributed by atoms with van der Waals surface area (Å²) in [5.74, 6) is 0.312. The summed E-state index contributed by atoms with van der Waals surface area (Å²) in [5, 5.41) is 24.6. The number of amides is 1. The minimum Gasteiger partial charge on any atom is -0.508 e. The Morgan fingerprint density at radius 2 is 1.93 bits per heavy atom. The number of guanidine groups is 1. The third-order valence-electron chi connectivity index (χ3n) is 5.70. The van der Waals surface area contributed by atoms with Crippen LogP contribution in [0.4, 0.5) is 0 Å². The van der Waals surface area contributed by atoms with E-state index in [1.165, 1.54) is 4.90 Å². The number of piperidine rings is 1. The Bertz CT molecular complexity index is 891. The summed E-state index contributed by atoms with van der Waals surface area (Å²) >= 11 is 0. The highest BCUT2D eigenvalue weighted by Gasteiger charge is 2.54. The normalized spacial score (nSPS) is 25.5. The van der Waals surface area contributed by atoms with Gasteiger partial charge in [0.1, 0.15) is 11.3 Å². The zero-order valence-corrected chi connectivity index (χ0v) is 15.3. The smallest absolute Gasteiger partial charge is 0.259 e. The number of likely N-dealkylation sites (N-methyl/N-ethyl adjacent to an activating group) is 1. The van der Waals surface area contributed by atoms with Crippen LogP contribution < -0.4 is 10.6 Å². The summed E-state index contributed by atoms with van der Waals surface area (Å²) in [4.78, 5) is 14.7. The van der Waals surface area contributed by atoms with Crippen LogP contribution in [0.2, 0.25) is 0 Å². The second-order valence-electron chi connectivity index (χ2n) is 7.32. The van der Waals surface area contributed by atoms with Crippen LogP contribution in [0.15, 0.2) is 48.5 Å². The van der Waals surface area contributed by atoms with E-state index in [4.69, 9.17) is 5.41 Å². The molecule has 2 aliphatic rings. The zero-order valence-electron chi connectivity index (χ0n) is 15.3. The maximum absolute atomic E-state index is 13.3. The van der Waals surface area contributed by atoms with Crippen LogP contribution in [-0.2, 0) is 10.3 Å². The van der Waals surface area contributed by atoms with Gasteiger partial charge in [-0.05, 0) is 54.3 Å². The maximum atomic E-state index is 13.3. The predicted octanol–water partition coefficient (Wildman–Crippen LogP) is 2.25. The molecule has 2 unspecified atom stereocenters. The van der Waals surface area contributed by atoms with Crippen molar-refractivity contribution in [2.24, 2.45) is 5.92 Å². The molecule has 6 nitrogen and oxygen atoms in total. The number of hydrogen-bond donors (Lipinski definition) is 4. The number of phenolic OH excluding ortho intramolecular Hbond substituents is 1. The van der Waals surface area contributed by atoms with Gasteiger partial charge in [0.2, 0.25) is 0 Å². The van der Waals surface area contributed by atoms with Gasteiger partial charge in [-0.1, -0.05) is 30.3 Å². The van der Waals surface area contributed by atoms with Gasteiger partial charge in [-0.25, -0.2) is 0 Å². The van der Waals surface area contributed by atoms with Crippen LogP contribution in [0.25, 0.3) is 11.1 Å². The molecule has 0 bridgehead atoms. The van der Waals surface area contributed by atoms with Gasteiger partial charge in [0, 0.05) is 19.5 Å². The summed E-state index contributed by atoms with van der Waals surface area (Å²) < 4.78 is 0. The molecule has 2 aliphatic heterocycles. The van der Waals surface area contributed by atoms with E-state index >= 15 is 0 Å². The van der Waals surface area contributed by atoms with E-state index in [0.717, 1.165) is 42.6 Å². The highest BCUT2D eigenvalue weighted by molar-refractivity contribution is 6.08. The van der Waals surface area contributed by atoms with E-state index < -0.39 is 5.54 Å². The average molecular weight is 364 g/mol. The molecule has 1 amide bonds. The number of nitrogens with zero attached hydrogens (tertiary/aromatic N) is 1. The van der Waals surface area contributed by atoms with Gasteiger partial charge in [0.25, 0.3) is 5.91 Å². The van der Waals surface area contributed by atoms with Crippen LogP contribution >= 0.6 is 0 Å². The summed E-state index contributed by atoms with van der Waals surface area (Å²) in [6.45, 7) is 1.69. The largest absolute Gasteiger partial charge is 0.508 e. The van der Waals surface area contributed by atoms with Gasteiger partial charge in [0.05, 0.1) is 0 Å². The van der Waals surface area contributed by atoms with Crippen LogP contribution in [0.3, 0.4) is 0 Å². The number of nitrogens with one attached hydrogen (secondary N) is 3. The second kappa shape index (κ2) is 6.70. The molecular weight excluding hydrogens is 340 g/mol. The molecule has 0 aromatic heterocycles. The highest BCUT2D eigenvalue weighted by Crippen LogP contribution is 2.40. The zero-order chi connectivity index (χ0) is 19.0. The molecule has 2 heterocycles. The summed E-state index contributed by atoms with van der Waals surface area (Å²) in [5.41, 5.74) is 1.74. The van der Waals surface area contributed by atoms with Gasteiger partial charge >= 0.3 is 0 Å². The number of aromatic hydroxyl groups is 1. The third kappa shape index (κ3) is 2.86. The van der Waals surface area contributed by atoms with Crippen molar-refractivity contribution in [2.75, 3.05) is 20.1 Å². The molecule has 0 aliphatic carbocycles. The van der Waals surface area contributed by atoms with Crippen molar-refractivity contribution in [3.05, 3.63) is 54.1 Å². The highest BCUT2D eigenvalue weighted by atomic mass is 16.3. The lowest BCUT2D eigenvalue weighted by Crippen LogP contribution is -2.54. The maximum Gasteiger partial charge on any atom is 0.259 e. The first kappa shape index (κ1) is 17.5. The molecule has 6 heteroatoms. The number of rotatable bonds is 3. The number of phenols is 1. The Labute approximate surface area is 158 Å². The fourth-order valence-corrected chi connectivity index (χ4v) is 4.25. The van der Waals surface area contributed by atoms with E-state index in [0.29, 0.717) is 0 Å². The van der Waals surface area contributed by atoms with Gasteiger partial charge in [-0.2, -0.15) is 0 Å². The molecule has 4 N–H and O–H groups in total. The van der Waals surface area contributed by atoms with Gasteiger partial charge in [-0.3, -0.25) is 15.1 Å². The Morgan fingerprint density at radius 1 is 1.19 bits per heavy atom. The van der Waals surface area contributed by atoms with E-state index in [1.54, 1.807) is 25.2 Å². The van der Waals surface area contributed by atoms with Crippen molar-refractivity contribution in [3.63, 3.8) is 0 Å². The quantitative estimate of drug-likeness (QED) is 0.673. The topological polar surface area (TPSA) is 88.5 Å². The Balaban J connectivity index is 1.83. The number of carbonyl (C=O) groups excluding carboxylic acids is 1. The number of carbonyl (C=O) groups is 1. The lowest BCUT2D eigenvalue weighted by molar-refractivity contribution is -0.133. The Hall–Kier alpha value is -2.86. The molecular formula is C21H24N4O2. The number of benzene rings is 2. The molecule has 2 atom stereocenters.